The summed E-state index contributed by atoms with van der Waals surface area (Å²) >= 11 is 0. The van der Waals surface area contributed by atoms with Crippen molar-refractivity contribution in [2.24, 2.45) is 0 Å². The second kappa shape index (κ2) is 8.62. The Hall–Kier alpha value is -0.910. The lowest BCUT2D eigenvalue weighted by Gasteiger charge is -2.29. The number of hydrogen-bond acceptors (Lipinski definition) is 6. The first-order chi connectivity index (χ1) is 12.1. The highest BCUT2D eigenvalue weighted by molar-refractivity contribution is 7.52. The van der Waals surface area contributed by atoms with E-state index in [0.717, 1.165) is 11.1 Å². The van der Waals surface area contributed by atoms with Crippen molar-refractivity contribution in [1.82, 2.24) is 0 Å². The van der Waals surface area contributed by atoms with Gasteiger partial charge in [0.1, 0.15) is 5.75 Å². The molecule has 7 heteroatoms. The number of aromatic hydroxyl groups is 1. The van der Waals surface area contributed by atoms with E-state index in [4.69, 9.17) is 9.05 Å². The van der Waals surface area contributed by atoms with Crippen molar-refractivity contribution < 1.29 is 28.9 Å². The number of aliphatic hydroxyl groups excluding tert-OH is 2. The molecule has 0 spiro atoms. The van der Waals surface area contributed by atoms with Crippen LogP contribution in [0.15, 0.2) is 12.1 Å². The Kier molecular flexibility index (Phi) is 7.71. The number of rotatable bonds is 7. The van der Waals surface area contributed by atoms with Gasteiger partial charge in [0.25, 0.3) is 0 Å². The molecule has 0 amide bonds. The Morgan fingerprint density at radius 1 is 1.04 bits per heavy atom. The Bertz CT molecular complexity index is 652. The van der Waals surface area contributed by atoms with E-state index in [-0.39, 0.29) is 29.6 Å². The minimum absolute atomic E-state index is 0.0155. The van der Waals surface area contributed by atoms with E-state index in [1.807, 2.05) is 41.5 Å². The molecule has 1 aromatic rings. The topological polar surface area (TPSA) is 96.2 Å². The normalized spacial score (nSPS) is 17.4. The van der Waals surface area contributed by atoms with Crippen LogP contribution in [0, 0.1) is 0 Å². The molecule has 1 rings (SSSR count). The molecule has 0 heterocycles. The van der Waals surface area contributed by atoms with Crippen LogP contribution in [0.5, 0.6) is 5.75 Å². The average Bonchev–Trinajstić information content (AvgIpc) is 2.51. The first-order valence-electron chi connectivity index (χ1n) is 9.10. The van der Waals surface area contributed by atoms with Gasteiger partial charge in [0.2, 0.25) is 0 Å². The van der Waals surface area contributed by atoms with E-state index in [9.17, 15) is 19.9 Å². The van der Waals surface area contributed by atoms with Crippen LogP contribution in [0.25, 0.3) is 0 Å². The summed E-state index contributed by atoms with van der Waals surface area (Å²) in [6, 6.07) is 3.56. The van der Waals surface area contributed by atoms with Gasteiger partial charge in [-0.1, -0.05) is 41.5 Å². The maximum atomic E-state index is 11.7. The summed E-state index contributed by atoms with van der Waals surface area (Å²) in [5.74, 6) is 0.238. The van der Waals surface area contributed by atoms with Crippen LogP contribution in [-0.4, -0.2) is 41.8 Å². The molecule has 0 aromatic heterocycles. The van der Waals surface area contributed by atoms with Crippen LogP contribution in [0.3, 0.4) is 0 Å². The number of benzene rings is 1. The Morgan fingerprint density at radius 3 is 1.85 bits per heavy atom. The molecule has 1 aromatic carbocycles. The van der Waals surface area contributed by atoms with E-state index in [1.54, 1.807) is 12.1 Å². The average molecular weight is 402 g/mol. The summed E-state index contributed by atoms with van der Waals surface area (Å²) in [4.78, 5) is 0. The van der Waals surface area contributed by atoms with Crippen LogP contribution in [0.1, 0.15) is 70.8 Å². The predicted molar refractivity (Wildman–Crippen MR) is 108 cm³/mol. The maximum absolute atomic E-state index is 11.7. The fourth-order valence-corrected chi connectivity index (χ4v) is 3.28. The molecule has 3 atom stereocenters. The molecule has 0 saturated heterocycles. The molecule has 156 valence electrons. The molecule has 0 saturated carbocycles. The smallest absolute Gasteiger partial charge is 0.327 e. The molecular weight excluding hydrogens is 367 g/mol. The summed E-state index contributed by atoms with van der Waals surface area (Å²) in [6.07, 6.45) is -1.94. The van der Waals surface area contributed by atoms with Crippen molar-refractivity contribution in [1.29, 1.82) is 0 Å². The maximum Gasteiger partial charge on any atom is 0.327 e. The first-order valence-corrected chi connectivity index (χ1v) is 11.1. The summed E-state index contributed by atoms with van der Waals surface area (Å²) < 4.78 is 21.6. The number of aliphatic hydroxyl groups is 2. The molecule has 0 aliphatic rings. The lowest BCUT2D eigenvalue weighted by molar-refractivity contribution is 0.0443. The lowest BCUT2D eigenvalue weighted by atomic mass is 9.77. The van der Waals surface area contributed by atoms with Crippen molar-refractivity contribution >= 4 is 7.60 Å². The van der Waals surface area contributed by atoms with Gasteiger partial charge >= 0.3 is 7.60 Å². The number of phenols is 1. The van der Waals surface area contributed by atoms with Gasteiger partial charge in [0.05, 0.1) is 18.8 Å². The highest BCUT2D eigenvalue weighted by atomic mass is 31.2. The Labute approximate surface area is 163 Å². The first kappa shape index (κ1) is 24.1. The fourth-order valence-electron chi connectivity index (χ4n) is 2.73. The van der Waals surface area contributed by atoms with Gasteiger partial charge in [-0.25, -0.2) is 0 Å². The second-order valence-electron chi connectivity index (χ2n) is 9.12. The molecule has 6 nitrogen and oxygen atoms in total. The van der Waals surface area contributed by atoms with Gasteiger partial charge in [0.15, 0.2) is 0 Å². The van der Waals surface area contributed by atoms with Crippen LogP contribution < -0.4 is 0 Å². The predicted octanol–water partition coefficient (Wildman–Crippen LogP) is 4.26. The van der Waals surface area contributed by atoms with E-state index in [2.05, 4.69) is 0 Å². The third-order valence-corrected chi connectivity index (χ3v) is 5.74. The van der Waals surface area contributed by atoms with Gasteiger partial charge in [-0.2, -0.15) is 0 Å². The van der Waals surface area contributed by atoms with Crippen LogP contribution in [0.2, 0.25) is 0 Å². The van der Waals surface area contributed by atoms with E-state index >= 15 is 0 Å². The second-order valence-corrected chi connectivity index (χ2v) is 11.3. The molecule has 0 aliphatic heterocycles. The zero-order valence-electron chi connectivity index (χ0n) is 17.7. The molecule has 0 aliphatic carbocycles. The minimum Gasteiger partial charge on any atom is -0.507 e. The van der Waals surface area contributed by atoms with Crippen LogP contribution in [0.4, 0.5) is 0 Å². The van der Waals surface area contributed by atoms with Crippen LogP contribution in [-0.2, 0) is 24.4 Å². The fraction of sp³-hybridized carbons (Fsp3) is 0.700. The van der Waals surface area contributed by atoms with E-state index in [1.165, 1.54) is 13.8 Å². The molecule has 0 bridgehead atoms. The Balaban J connectivity index is 3.12. The molecule has 3 N–H and O–H groups in total. The van der Waals surface area contributed by atoms with Gasteiger partial charge in [0, 0.05) is 20.2 Å². The zero-order valence-corrected chi connectivity index (χ0v) is 18.6. The number of phenolic OH excluding ortho intramolecular Hbond substituents is 1. The molecule has 3 unspecified atom stereocenters. The highest BCUT2D eigenvalue weighted by Crippen LogP contribution is 2.43. The highest BCUT2D eigenvalue weighted by Gasteiger charge is 2.28. The van der Waals surface area contributed by atoms with Crippen molar-refractivity contribution in [2.45, 2.75) is 71.0 Å². The SMILES string of the molecule is COP(C)(=O)OCC(O)CC(O)c1cc(C(C)(C)C)c(O)c(C(C)(C)C)c1. The van der Waals surface area contributed by atoms with Crippen molar-refractivity contribution in [2.75, 3.05) is 20.4 Å². The van der Waals surface area contributed by atoms with Gasteiger partial charge in [-0.3, -0.25) is 4.57 Å². The van der Waals surface area contributed by atoms with Gasteiger partial charge < -0.3 is 24.4 Å². The zero-order chi connectivity index (χ0) is 21.2. The van der Waals surface area contributed by atoms with Gasteiger partial charge in [-0.15, -0.1) is 0 Å². The summed E-state index contributed by atoms with van der Waals surface area (Å²) in [5, 5.41) is 31.5. The third kappa shape index (κ3) is 6.88. The molecular formula is C20H35O6P. The van der Waals surface area contributed by atoms with Gasteiger partial charge in [-0.05, 0) is 39.7 Å². The Morgan fingerprint density at radius 2 is 1.48 bits per heavy atom. The van der Waals surface area contributed by atoms with Crippen LogP contribution >= 0.6 is 7.60 Å². The van der Waals surface area contributed by atoms with Crippen molar-refractivity contribution in [3.8, 4) is 5.75 Å². The molecule has 27 heavy (non-hydrogen) atoms. The lowest BCUT2D eigenvalue weighted by Crippen LogP contribution is -2.21. The largest absolute Gasteiger partial charge is 0.507 e. The van der Waals surface area contributed by atoms with E-state index in [0.29, 0.717) is 5.56 Å². The molecule has 0 radical (unpaired) electrons. The van der Waals surface area contributed by atoms with Crippen molar-refractivity contribution in [3.05, 3.63) is 28.8 Å². The quantitative estimate of drug-likeness (QED) is 0.590. The standard InChI is InChI=1S/C20H35O6P/c1-19(2,3)15-9-13(10-16(18(15)23)20(4,5)6)17(22)11-14(21)12-26-27(8,24)25-7/h9-10,14,17,21-23H,11-12H2,1-8H3. The third-order valence-electron chi connectivity index (χ3n) is 4.46. The number of hydrogen-bond donors (Lipinski definition) is 3. The monoisotopic (exact) mass is 402 g/mol. The molecule has 0 fully saturated rings. The minimum atomic E-state index is -3.18. The summed E-state index contributed by atoms with van der Waals surface area (Å²) in [7, 11) is -1.91. The van der Waals surface area contributed by atoms with Crippen molar-refractivity contribution in [3.63, 3.8) is 0 Å². The summed E-state index contributed by atoms with van der Waals surface area (Å²) in [6.45, 7) is 13.1. The van der Waals surface area contributed by atoms with E-state index < -0.39 is 19.8 Å². The summed E-state index contributed by atoms with van der Waals surface area (Å²) in [5.41, 5.74) is 1.48.